The molecule has 0 aromatic heterocycles. The van der Waals surface area contributed by atoms with E-state index >= 15 is 0 Å². The van der Waals surface area contributed by atoms with Crippen LogP contribution in [0.1, 0.15) is 18.4 Å². The van der Waals surface area contributed by atoms with E-state index in [-0.39, 0.29) is 18.2 Å². The minimum Gasteiger partial charge on any atom is -0.481 e. The first-order valence-corrected chi connectivity index (χ1v) is 7.08. The maximum absolute atomic E-state index is 11.9. The summed E-state index contributed by atoms with van der Waals surface area (Å²) in [5, 5.41) is 8.64. The minimum atomic E-state index is -0.786. The Hall–Kier alpha value is -1.36. The predicted octanol–water partition coefficient (Wildman–Crippen LogP) is 2.31. The van der Waals surface area contributed by atoms with Crippen LogP contribution in [0.2, 0.25) is 0 Å². The number of nitrogens with zero attached hydrogens (tertiary/aromatic N) is 1. The molecule has 0 spiro atoms. The number of rotatable bonds is 5. The molecule has 0 radical (unpaired) electrons. The quantitative estimate of drug-likeness (QED) is 0.903. The molecular formula is C14H16BrNO3. The lowest BCUT2D eigenvalue weighted by molar-refractivity contribution is -0.145. The van der Waals surface area contributed by atoms with E-state index in [1.165, 1.54) is 0 Å². The molecule has 1 N–H and O–H groups in total. The van der Waals surface area contributed by atoms with E-state index in [0.29, 0.717) is 19.5 Å². The van der Waals surface area contributed by atoms with Crippen LogP contribution in [0.5, 0.6) is 0 Å². The number of carbonyl (C=O) groups excluding carboxylic acids is 1. The van der Waals surface area contributed by atoms with Crippen molar-refractivity contribution in [2.24, 2.45) is 5.92 Å². The van der Waals surface area contributed by atoms with Crippen LogP contribution in [0, 0.1) is 5.92 Å². The van der Waals surface area contributed by atoms with Gasteiger partial charge in [-0.1, -0.05) is 28.1 Å². The van der Waals surface area contributed by atoms with Crippen molar-refractivity contribution in [2.45, 2.75) is 19.3 Å². The first-order chi connectivity index (χ1) is 9.04. The van der Waals surface area contributed by atoms with Gasteiger partial charge in [-0.2, -0.15) is 0 Å². The fraction of sp³-hybridized carbons (Fsp3) is 0.429. The second kappa shape index (κ2) is 6.19. The molecule has 5 heteroatoms. The van der Waals surface area contributed by atoms with Gasteiger partial charge in [-0.15, -0.1) is 0 Å². The Morgan fingerprint density at radius 3 is 2.74 bits per heavy atom. The van der Waals surface area contributed by atoms with Gasteiger partial charge in [0.05, 0.1) is 6.42 Å². The number of carboxylic acid groups (broad SMARTS) is 1. The summed E-state index contributed by atoms with van der Waals surface area (Å²) in [6, 6.07) is 7.92. The van der Waals surface area contributed by atoms with Crippen LogP contribution in [-0.4, -0.2) is 35.0 Å². The monoisotopic (exact) mass is 325 g/mol. The Bertz CT molecular complexity index is 483. The highest BCUT2D eigenvalue weighted by Gasteiger charge is 2.31. The van der Waals surface area contributed by atoms with Crippen LogP contribution in [0.4, 0.5) is 0 Å². The Morgan fingerprint density at radius 2 is 2.11 bits per heavy atom. The number of likely N-dealkylation sites (tertiary alicyclic amines) is 1. The van der Waals surface area contributed by atoms with E-state index < -0.39 is 5.97 Å². The minimum absolute atomic E-state index is 0.113. The summed E-state index contributed by atoms with van der Waals surface area (Å²) >= 11 is 3.40. The van der Waals surface area contributed by atoms with Gasteiger partial charge in [0.1, 0.15) is 0 Å². The number of carboxylic acids is 1. The summed E-state index contributed by atoms with van der Waals surface area (Å²) in [6.07, 6.45) is 1.37. The van der Waals surface area contributed by atoms with Gasteiger partial charge < -0.3 is 10.0 Å². The Kier molecular flexibility index (Phi) is 4.58. The molecule has 1 fully saturated rings. The highest BCUT2D eigenvalue weighted by Crippen LogP contribution is 2.20. The standard InChI is InChI=1S/C14H16BrNO3/c15-12-3-1-2-10(6-12)4-5-13(17)16-8-11(9-16)7-14(18)19/h1-3,6,11H,4-5,7-9H2,(H,18,19). The molecule has 1 amide bonds. The maximum atomic E-state index is 11.9. The molecule has 19 heavy (non-hydrogen) atoms. The zero-order chi connectivity index (χ0) is 13.8. The summed E-state index contributed by atoms with van der Waals surface area (Å²) < 4.78 is 1.02. The molecule has 1 aromatic rings. The molecule has 1 saturated heterocycles. The van der Waals surface area contributed by atoms with Gasteiger partial charge >= 0.3 is 5.97 Å². The summed E-state index contributed by atoms with van der Waals surface area (Å²) in [7, 11) is 0. The normalized spacial score (nSPS) is 15.1. The van der Waals surface area contributed by atoms with Crippen molar-refractivity contribution in [1.29, 1.82) is 0 Å². The molecule has 102 valence electrons. The van der Waals surface area contributed by atoms with Crippen LogP contribution in [-0.2, 0) is 16.0 Å². The van der Waals surface area contributed by atoms with E-state index in [4.69, 9.17) is 5.11 Å². The molecule has 4 nitrogen and oxygen atoms in total. The molecule has 1 heterocycles. The molecule has 1 aliphatic heterocycles. The maximum Gasteiger partial charge on any atom is 0.303 e. The Balaban J connectivity index is 1.73. The summed E-state index contributed by atoms with van der Waals surface area (Å²) in [6.45, 7) is 1.17. The lowest BCUT2D eigenvalue weighted by atomic mass is 9.95. The van der Waals surface area contributed by atoms with Gasteiger partial charge in [-0.25, -0.2) is 0 Å². The van der Waals surface area contributed by atoms with Crippen LogP contribution < -0.4 is 0 Å². The van der Waals surface area contributed by atoms with Crippen molar-refractivity contribution in [1.82, 2.24) is 4.90 Å². The van der Waals surface area contributed by atoms with Crippen molar-refractivity contribution >= 4 is 27.8 Å². The van der Waals surface area contributed by atoms with Gasteiger partial charge in [0.2, 0.25) is 5.91 Å². The highest BCUT2D eigenvalue weighted by atomic mass is 79.9. The number of hydrogen-bond donors (Lipinski definition) is 1. The molecular weight excluding hydrogens is 310 g/mol. The number of halogens is 1. The number of hydrogen-bond acceptors (Lipinski definition) is 2. The molecule has 0 atom stereocenters. The predicted molar refractivity (Wildman–Crippen MR) is 74.8 cm³/mol. The largest absolute Gasteiger partial charge is 0.481 e. The van der Waals surface area contributed by atoms with Crippen LogP contribution in [0.15, 0.2) is 28.7 Å². The SMILES string of the molecule is O=C(O)CC1CN(C(=O)CCc2cccc(Br)c2)C1. The van der Waals surface area contributed by atoms with Gasteiger partial charge in [0, 0.05) is 29.9 Å². The molecule has 0 unspecified atom stereocenters. The third kappa shape index (κ3) is 4.06. The van der Waals surface area contributed by atoms with Gasteiger partial charge in [-0.3, -0.25) is 9.59 Å². The van der Waals surface area contributed by atoms with E-state index in [1.54, 1.807) is 4.90 Å². The fourth-order valence-electron chi connectivity index (χ4n) is 2.25. The fourth-order valence-corrected chi connectivity index (χ4v) is 2.70. The van der Waals surface area contributed by atoms with Crippen LogP contribution in [0.3, 0.4) is 0 Å². The van der Waals surface area contributed by atoms with Crippen molar-refractivity contribution in [2.75, 3.05) is 13.1 Å². The molecule has 0 bridgehead atoms. The average Bonchev–Trinajstić information content (AvgIpc) is 2.30. The number of amides is 1. The Labute approximate surface area is 120 Å². The van der Waals surface area contributed by atoms with Gasteiger partial charge in [0.15, 0.2) is 0 Å². The molecule has 0 saturated carbocycles. The third-order valence-electron chi connectivity index (χ3n) is 3.29. The highest BCUT2D eigenvalue weighted by molar-refractivity contribution is 9.10. The number of benzene rings is 1. The second-order valence-corrected chi connectivity index (χ2v) is 5.81. The summed E-state index contributed by atoms with van der Waals surface area (Å²) in [4.78, 5) is 24.1. The lowest BCUT2D eigenvalue weighted by Crippen LogP contribution is -2.50. The number of aliphatic carboxylic acids is 1. The summed E-state index contributed by atoms with van der Waals surface area (Å²) in [5.41, 5.74) is 1.13. The number of carbonyl (C=O) groups is 2. The smallest absolute Gasteiger partial charge is 0.303 e. The third-order valence-corrected chi connectivity index (χ3v) is 3.78. The average molecular weight is 326 g/mol. The zero-order valence-corrected chi connectivity index (χ0v) is 12.1. The first-order valence-electron chi connectivity index (χ1n) is 6.28. The zero-order valence-electron chi connectivity index (χ0n) is 10.5. The number of aryl methyl sites for hydroxylation is 1. The van der Waals surface area contributed by atoms with Crippen LogP contribution >= 0.6 is 15.9 Å². The van der Waals surface area contributed by atoms with Crippen molar-refractivity contribution < 1.29 is 14.7 Å². The lowest BCUT2D eigenvalue weighted by Gasteiger charge is -2.38. The van der Waals surface area contributed by atoms with Crippen molar-refractivity contribution in [3.05, 3.63) is 34.3 Å². The molecule has 2 rings (SSSR count). The van der Waals surface area contributed by atoms with Crippen LogP contribution in [0.25, 0.3) is 0 Å². The van der Waals surface area contributed by atoms with Gasteiger partial charge in [0.25, 0.3) is 0 Å². The van der Waals surface area contributed by atoms with Crippen molar-refractivity contribution in [3.8, 4) is 0 Å². The first kappa shape index (κ1) is 14.1. The van der Waals surface area contributed by atoms with E-state index in [9.17, 15) is 9.59 Å². The van der Waals surface area contributed by atoms with E-state index in [1.807, 2.05) is 24.3 Å². The molecule has 1 aliphatic rings. The van der Waals surface area contributed by atoms with E-state index in [0.717, 1.165) is 16.5 Å². The summed E-state index contributed by atoms with van der Waals surface area (Å²) in [5.74, 6) is -0.542. The molecule has 0 aliphatic carbocycles. The molecule has 1 aromatic carbocycles. The Morgan fingerprint density at radius 1 is 1.37 bits per heavy atom. The topological polar surface area (TPSA) is 57.6 Å². The second-order valence-electron chi connectivity index (χ2n) is 4.89. The van der Waals surface area contributed by atoms with E-state index in [2.05, 4.69) is 15.9 Å². The van der Waals surface area contributed by atoms with Gasteiger partial charge in [-0.05, 0) is 24.1 Å². The van der Waals surface area contributed by atoms with Crippen molar-refractivity contribution in [3.63, 3.8) is 0 Å².